The molecule has 0 bridgehead atoms. The van der Waals surface area contributed by atoms with Gasteiger partial charge in [-0.1, -0.05) is 0 Å². The largest absolute Gasteiger partial charge is 0.497 e. The predicted molar refractivity (Wildman–Crippen MR) is 143 cm³/mol. The number of nitrogens with one attached hydrogen (secondary N) is 1. The van der Waals surface area contributed by atoms with Crippen molar-refractivity contribution >= 4 is 34.8 Å². The van der Waals surface area contributed by atoms with E-state index < -0.39 is 5.92 Å². The zero-order valence-electron chi connectivity index (χ0n) is 21.1. The summed E-state index contributed by atoms with van der Waals surface area (Å²) in [5.41, 5.74) is 2.78. The van der Waals surface area contributed by atoms with Crippen molar-refractivity contribution < 1.29 is 23.5 Å². The number of benzene rings is 3. The third kappa shape index (κ3) is 5.46. The lowest BCUT2D eigenvalue weighted by molar-refractivity contribution is -0.122. The van der Waals surface area contributed by atoms with Gasteiger partial charge in [-0.05, 0) is 72.8 Å². The third-order valence-electron chi connectivity index (χ3n) is 7.04. The Morgan fingerprint density at radius 2 is 1.50 bits per heavy atom. The molecule has 2 fully saturated rings. The number of nitrogens with zero attached hydrogens (tertiary/aromatic N) is 3. The Morgan fingerprint density at radius 3 is 2.13 bits per heavy atom. The maximum Gasteiger partial charge on any atom is 0.253 e. The van der Waals surface area contributed by atoms with Gasteiger partial charge in [-0.25, -0.2) is 4.39 Å². The van der Waals surface area contributed by atoms with Crippen LogP contribution in [-0.2, 0) is 9.59 Å². The smallest absolute Gasteiger partial charge is 0.253 e. The van der Waals surface area contributed by atoms with Gasteiger partial charge in [0, 0.05) is 61.8 Å². The Hall–Kier alpha value is -4.40. The van der Waals surface area contributed by atoms with E-state index in [1.165, 1.54) is 12.1 Å². The zero-order chi connectivity index (χ0) is 26.6. The minimum absolute atomic E-state index is 0.0712. The Labute approximate surface area is 220 Å². The van der Waals surface area contributed by atoms with Crippen molar-refractivity contribution in [2.24, 2.45) is 5.92 Å². The first-order chi connectivity index (χ1) is 18.4. The SMILES string of the molecule is COc1ccc(N2CC(C(=O)Nc3ccc(C(=O)N4CCN(c5ccc(F)cc5)CC4)cc3)CC2=O)cc1. The van der Waals surface area contributed by atoms with Gasteiger partial charge in [-0.15, -0.1) is 0 Å². The molecule has 0 radical (unpaired) electrons. The molecular weight excluding hydrogens is 487 g/mol. The van der Waals surface area contributed by atoms with Gasteiger partial charge in [0.1, 0.15) is 11.6 Å². The van der Waals surface area contributed by atoms with Crippen LogP contribution in [-0.4, -0.2) is 62.5 Å². The average Bonchev–Trinajstić information content (AvgIpc) is 3.35. The van der Waals surface area contributed by atoms with Crippen molar-refractivity contribution in [3.63, 3.8) is 0 Å². The van der Waals surface area contributed by atoms with Crippen LogP contribution in [0.25, 0.3) is 0 Å². The van der Waals surface area contributed by atoms with Crippen molar-refractivity contribution in [3.8, 4) is 5.75 Å². The van der Waals surface area contributed by atoms with Gasteiger partial charge < -0.3 is 24.8 Å². The summed E-state index contributed by atoms with van der Waals surface area (Å²) in [5.74, 6) is -0.444. The van der Waals surface area contributed by atoms with Crippen molar-refractivity contribution in [2.75, 3.05) is 55.0 Å². The number of rotatable bonds is 6. The fourth-order valence-electron chi connectivity index (χ4n) is 4.84. The number of hydrogen-bond acceptors (Lipinski definition) is 5. The summed E-state index contributed by atoms with van der Waals surface area (Å²) in [6.45, 7) is 2.76. The van der Waals surface area contributed by atoms with Crippen molar-refractivity contribution in [1.29, 1.82) is 0 Å². The molecule has 2 heterocycles. The molecule has 0 aliphatic carbocycles. The number of anilines is 3. The minimum atomic E-state index is -0.469. The molecule has 1 atom stereocenters. The summed E-state index contributed by atoms with van der Waals surface area (Å²) in [4.78, 5) is 43.9. The second kappa shape index (κ2) is 10.9. The second-order valence-corrected chi connectivity index (χ2v) is 9.43. The van der Waals surface area contributed by atoms with Crippen LogP contribution in [0.2, 0.25) is 0 Å². The van der Waals surface area contributed by atoms with Crippen molar-refractivity contribution in [3.05, 3.63) is 84.2 Å². The third-order valence-corrected chi connectivity index (χ3v) is 7.04. The van der Waals surface area contributed by atoms with Crippen LogP contribution in [0.5, 0.6) is 5.75 Å². The molecule has 1 N–H and O–H groups in total. The molecule has 2 aliphatic rings. The summed E-state index contributed by atoms with van der Waals surface area (Å²) >= 11 is 0. The maximum atomic E-state index is 13.2. The second-order valence-electron chi connectivity index (χ2n) is 9.43. The number of halogens is 1. The topological polar surface area (TPSA) is 82.2 Å². The number of carbonyl (C=O) groups is 3. The standard InChI is InChI=1S/C29H29FN4O4/c1-38-26-12-10-25(11-13-26)34-19-21(18-27(34)35)28(36)31-23-6-2-20(3-7-23)29(37)33-16-14-32(15-17-33)24-8-4-22(30)5-9-24/h2-13,21H,14-19H2,1H3,(H,31,36). The molecule has 5 rings (SSSR count). The van der Waals surface area contributed by atoms with Crippen LogP contribution >= 0.6 is 0 Å². The average molecular weight is 517 g/mol. The van der Waals surface area contributed by atoms with Crippen LogP contribution < -0.4 is 19.9 Å². The highest BCUT2D eigenvalue weighted by atomic mass is 19.1. The lowest BCUT2D eigenvalue weighted by Crippen LogP contribution is -2.48. The zero-order valence-corrected chi connectivity index (χ0v) is 21.1. The number of carbonyl (C=O) groups excluding carboxylic acids is 3. The first kappa shape index (κ1) is 25.3. The number of hydrogen-bond donors (Lipinski definition) is 1. The molecule has 2 aliphatic heterocycles. The summed E-state index contributed by atoms with van der Waals surface area (Å²) in [6.07, 6.45) is 0.137. The number of piperazine rings is 1. The summed E-state index contributed by atoms with van der Waals surface area (Å²) in [6, 6.07) is 20.4. The first-order valence-electron chi connectivity index (χ1n) is 12.6. The van der Waals surface area contributed by atoms with Crippen molar-refractivity contribution in [1.82, 2.24) is 4.90 Å². The van der Waals surface area contributed by atoms with E-state index in [2.05, 4.69) is 10.2 Å². The Balaban J connectivity index is 1.14. The van der Waals surface area contributed by atoms with Gasteiger partial charge in [-0.3, -0.25) is 14.4 Å². The number of amides is 3. The van der Waals surface area contributed by atoms with Gasteiger partial charge in [-0.2, -0.15) is 0 Å². The molecule has 3 aromatic carbocycles. The Bertz CT molecular complexity index is 1300. The molecule has 9 heteroatoms. The van der Waals surface area contributed by atoms with E-state index in [0.717, 1.165) is 11.4 Å². The fraction of sp³-hybridized carbons (Fsp3) is 0.276. The predicted octanol–water partition coefficient (Wildman–Crippen LogP) is 3.79. The fourth-order valence-corrected chi connectivity index (χ4v) is 4.84. The molecular formula is C29H29FN4O4. The molecule has 0 saturated carbocycles. The van der Waals surface area contributed by atoms with E-state index >= 15 is 0 Å². The number of methoxy groups -OCH3 is 1. The quantitative estimate of drug-likeness (QED) is 0.539. The lowest BCUT2D eigenvalue weighted by Gasteiger charge is -2.36. The molecule has 196 valence electrons. The Morgan fingerprint density at radius 1 is 0.868 bits per heavy atom. The maximum absolute atomic E-state index is 13.2. The first-order valence-corrected chi connectivity index (χ1v) is 12.6. The van der Waals surface area contributed by atoms with Crippen molar-refractivity contribution in [2.45, 2.75) is 6.42 Å². The Kier molecular flexibility index (Phi) is 7.26. The van der Waals surface area contributed by atoms with E-state index in [1.54, 1.807) is 77.6 Å². The van der Waals surface area contributed by atoms with Crippen LogP contribution in [0.3, 0.4) is 0 Å². The molecule has 1 unspecified atom stereocenters. The highest BCUT2D eigenvalue weighted by molar-refractivity contribution is 6.03. The van der Waals surface area contributed by atoms with E-state index in [-0.39, 0.29) is 30.0 Å². The summed E-state index contributed by atoms with van der Waals surface area (Å²) in [5, 5.41) is 2.87. The number of ether oxygens (including phenoxy) is 1. The molecule has 0 spiro atoms. The monoisotopic (exact) mass is 516 g/mol. The molecule has 8 nitrogen and oxygen atoms in total. The van der Waals surface area contributed by atoms with Crippen LogP contribution in [0, 0.1) is 11.7 Å². The normalized spacial score (nSPS) is 17.5. The molecule has 2 saturated heterocycles. The highest BCUT2D eigenvalue weighted by Crippen LogP contribution is 2.28. The van der Waals surface area contributed by atoms with E-state index in [9.17, 15) is 18.8 Å². The summed E-state index contributed by atoms with van der Waals surface area (Å²) in [7, 11) is 1.58. The van der Waals surface area contributed by atoms with Gasteiger partial charge in [0.25, 0.3) is 5.91 Å². The van der Waals surface area contributed by atoms with E-state index in [0.29, 0.717) is 49.7 Å². The van der Waals surface area contributed by atoms with E-state index in [4.69, 9.17) is 4.74 Å². The van der Waals surface area contributed by atoms with Crippen LogP contribution in [0.4, 0.5) is 21.5 Å². The molecule has 0 aromatic heterocycles. The van der Waals surface area contributed by atoms with Gasteiger partial charge in [0.15, 0.2) is 0 Å². The van der Waals surface area contributed by atoms with Gasteiger partial charge in [0.2, 0.25) is 11.8 Å². The van der Waals surface area contributed by atoms with Crippen LogP contribution in [0.1, 0.15) is 16.8 Å². The van der Waals surface area contributed by atoms with Gasteiger partial charge >= 0.3 is 0 Å². The highest BCUT2D eigenvalue weighted by Gasteiger charge is 2.35. The molecule has 3 aromatic rings. The minimum Gasteiger partial charge on any atom is -0.497 e. The van der Waals surface area contributed by atoms with Crippen LogP contribution in [0.15, 0.2) is 72.8 Å². The lowest BCUT2D eigenvalue weighted by atomic mass is 10.1. The molecule has 38 heavy (non-hydrogen) atoms. The molecule has 3 amide bonds. The van der Waals surface area contributed by atoms with E-state index in [1.807, 2.05) is 0 Å². The summed E-state index contributed by atoms with van der Waals surface area (Å²) < 4.78 is 18.4. The van der Waals surface area contributed by atoms with Gasteiger partial charge in [0.05, 0.1) is 13.0 Å².